The predicted octanol–water partition coefficient (Wildman–Crippen LogP) is 2.91. The van der Waals surface area contributed by atoms with Crippen LogP contribution in [0.3, 0.4) is 0 Å². The van der Waals surface area contributed by atoms with Crippen LogP contribution in [-0.2, 0) is 6.42 Å². The zero-order valence-electron chi connectivity index (χ0n) is 13.1. The molecular weight excluding hydrogens is 274 g/mol. The molecule has 1 N–H and O–H groups in total. The van der Waals surface area contributed by atoms with Crippen LogP contribution in [0.1, 0.15) is 31.4 Å². The Morgan fingerprint density at radius 1 is 1.18 bits per heavy atom. The van der Waals surface area contributed by atoms with Crippen molar-refractivity contribution in [3.63, 3.8) is 0 Å². The molecule has 0 amide bonds. The molecule has 1 atom stereocenters. The summed E-state index contributed by atoms with van der Waals surface area (Å²) in [6.45, 7) is 1.05. The molecule has 1 aliphatic heterocycles. The van der Waals surface area contributed by atoms with Crippen LogP contribution < -0.4 is 10.2 Å². The third kappa shape index (κ3) is 3.53. The zero-order valence-corrected chi connectivity index (χ0v) is 13.1. The van der Waals surface area contributed by atoms with Crippen LogP contribution in [0.5, 0.6) is 0 Å². The van der Waals surface area contributed by atoms with E-state index in [1.165, 1.54) is 19.3 Å². The number of hydrogen-bond donors (Lipinski definition) is 1. The third-order valence-electron chi connectivity index (χ3n) is 4.23. The van der Waals surface area contributed by atoms with Crippen molar-refractivity contribution in [3.05, 3.63) is 42.4 Å². The Morgan fingerprint density at radius 2 is 2.05 bits per heavy atom. The summed E-state index contributed by atoms with van der Waals surface area (Å²) in [5.74, 6) is 1.80. The minimum Gasteiger partial charge on any atom is -0.373 e. The maximum absolute atomic E-state index is 4.61. The molecule has 0 aliphatic carbocycles. The largest absolute Gasteiger partial charge is 0.373 e. The molecule has 1 aliphatic rings. The van der Waals surface area contributed by atoms with Gasteiger partial charge in [-0.25, -0.2) is 15.0 Å². The minimum absolute atomic E-state index is 0.510. The molecule has 5 heteroatoms. The molecule has 0 saturated carbocycles. The lowest BCUT2D eigenvalue weighted by Crippen LogP contribution is -2.41. The molecule has 0 spiro atoms. The van der Waals surface area contributed by atoms with Gasteiger partial charge in [0.25, 0.3) is 0 Å². The van der Waals surface area contributed by atoms with Gasteiger partial charge in [-0.2, -0.15) is 0 Å². The van der Waals surface area contributed by atoms with Gasteiger partial charge in [0.2, 0.25) is 5.95 Å². The summed E-state index contributed by atoms with van der Waals surface area (Å²) < 4.78 is 0. The van der Waals surface area contributed by atoms with Crippen molar-refractivity contribution in [1.82, 2.24) is 15.0 Å². The molecule has 2 aromatic heterocycles. The van der Waals surface area contributed by atoms with Crippen LogP contribution in [0, 0.1) is 0 Å². The van der Waals surface area contributed by atoms with Crippen LogP contribution in [0.4, 0.5) is 11.8 Å². The van der Waals surface area contributed by atoms with E-state index in [2.05, 4.69) is 37.3 Å². The molecule has 1 fully saturated rings. The van der Waals surface area contributed by atoms with Crippen LogP contribution in [0.15, 0.2) is 36.7 Å². The molecular formula is C17H23N5. The summed E-state index contributed by atoms with van der Waals surface area (Å²) in [6.07, 6.45) is 9.46. The summed E-state index contributed by atoms with van der Waals surface area (Å²) in [5, 5.41) is 3.10. The van der Waals surface area contributed by atoms with Gasteiger partial charge in [-0.05, 0) is 50.3 Å². The van der Waals surface area contributed by atoms with Gasteiger partial charge in [-0.3, -0.25) is 0 Å². The molecule has 0 bridgehead atoms. The van der Waals surface area contributed by atoms with E-state index < -0.39 is 0 Å². The lowest BCUT2D eigenvalue weighted by molar-refractivity contribution is 0.430. The Labute approximate surface area is 131 Å². The van der Waals surface area contributed by atoms with Crippen molar-refractivity contribution >= 4 is 11.8 Å². The van der Waals surface area contributed by atoms with E-state index in [1.54, 1.807) is 0 Å². The van der Waals surface area contributed by atoms with Crippen molar-refractivity contribution < 1.29 is 0 Å². The number of aromatic nitrogens is 3. The monoisotopic (exact) mass is 297 g/mol. The summed E-state index contributed by atoms with van der Waals surface area (Å²) >= 11 is 0. The first-order valence-corrected chi connectivity index (χ1v) is 8.04. The molecule has 1 saturated heterocycles. The molecule has 0 aromatic carbocycles. The molecule has 2 aromatic rings. The highest BCUT2D eigenvalue weighted by Crippen LogP contribution is 2.24. The lowest BCUT2D eigenvalue weighted by atomic mass is 9.97. The molecule has 116 valence electrons. The summed E-state index contributed by atoms with van der Waals surface area (Å²) in [4.78, 5) is 15.8. The number of hydrogen-bond acceptors (Lipinski definition) is 5. The molecule has 3 rings (SSSR count). The van der Waals surface area contributed by atoms with Crippen molar-refractivity contribution in [2.75, 3.05) is 23.8 Å². The van der Waals surface area contributed by atoms with Gasteiger partial charge in [0.05, 0.1) is 0 Å². The first-order chi connectivity index (χ1) is 10.9. The van der Waals surface area contributed by atoms with E-state index in [1.807, 2.05) is 31.6 Å². The number of piperidine rings is 1. The summed E-state index contributed by atoms with van der Waals surface area (Å²) in [6, 6.07) is 8.54. The highest BCUT2D eigenvalue weighted by molar-refractivity contribution is 5.35. The minimum atomic E-state index is 0.510. The fourth-order valence-corrected chi connectivity index (χ4v) is 3.08. The van der Waals surface area contributed by atoms with Crippen molar-refractivity contribution in [1.29, 1.82) is 0 Å². The molecule has 0 radical (unpaired) electrons. The zero-order chi connectivity index (χ0) is 15.2. The lowest BCUT2D eigenvalue weighted by Gasteiger charge is -2.35. The first kappa shape index (κ1) is 14.8. The van der Waals surface area contributed by atoms with E-state index in [9.17, 15) is 0 Å². The van der Waals surface area contributed by atoms with E-state index >= 15 is 0 Å². The van der Waals surface area contributed by atoms with Gasteiger partial charge in [0.15, 0.2) is 0 Å². The van der Waals surface area contributed by atoms with Gasteiger partial charge >= 0.3 is 0 Å². The Morgan fingerprint density at radius 3 is 2.86 bits per heavy atom. The van der Waals surface area contributed by atoms with Gasteiger partial charge in [0.1, 0.15) is 5.82 Å². The standard InChI is InChI=1S/C17H23N5/c1-18-16-8-4-6-14(21-16)9-10-15-7-2-3-13-22(15)17-19-11-5-12-20-17/h4-6,8,11-12,15H,2-3,7,9-10,13H2,1H3,(H,18,21)/t15-/m0/s1. The Bertz CT molecular complexity index is 587. The normalized spacial score (nSPS) is 18.2. The average molecular weight is 297 g/mol. The smallest absolute Gasteiger partial charge is 0.225 e. The quantitative estimate of drug-likeness (QED) is 0.919. The van der Waals surface area contributed by atoms with Crippen LogP contribution >= 0.6 is 0 Å². The van der Waals surface area contributed by atoms with Crippen molar-refractivity contribution in [2.24, 2.45) is 0 Å². The fraction of sp³-hybridized carbons (Fsp3) is 0.471. The maximum Gasteiger partial charge on any atom is 0.225 e. The number of pyridine rings is 1. The first-order valence-electron chi connectivity index (χ1n) is 8.04. The van der Waals surface area contributed by atoms with Gasteiger partial charge in [0, 0.05) is 37.7 Å². The van der Waals surface area contributed by atoms with Crippen molar-refractivity contribution in [3.8, 4) is 0 Å². The molecule has 3 heterocycles. The predicted molar refractivity (Wildman–Crippen MR) is 89.1 cm³/mol. The van der Waals surface area contributed by atoms with Gasteiger partial charge in [-0.15, -0.1) is 0 Å². The van der Waals surface area contributed by atoms with Crippen molar-refractivity contribution in [2.45, 2.75) is 38.1 Å². The Kier molecular flexibility index (Phi) is 4.83. The average Bonchev–Trinajstić information content (AvgIpc) is 2.61. The summed E-state index contributed by atoms with van der Waals surface area (Å²) in [7, 11) is 1.90. The summed E-state index contributed by atoms with van der Waals surface area (Å²) in [5.41, 5.74) is 1.14. The van der Waals surface area contributed by atoms with Gasteiger partial charge in [-0.1, -0.05) is 6.07 Å². The fourth-order valence-electron chi connectivity index (χ4n) is 3.08. The van der Waals surface area contributed by atoms with E-state index in [-0.39, 0.29) is 0 Å². The molecule has 0 unspecified atom stereocenters. The van der Waals surface area contributed by atoms with E-state index in [0.717, 1.165) is 36.8 Å². The number of rotatable bonds is 5. The number of anilines is 2. The number of nitrogens with one attached hydrogen (secondary N) is 1. The second-order valence-corrected chi connectivity index (χ2v) is 5.69. The highest BCUT2D eigenvalue weighted by Gasteiger charge is 2.24. The maximum atomic E-state index is 4.61. The van der Waals surface area contributed by atoms with Crippen LogP contribution in [0.25, 0.3) is 0 Å². The topological polar surface area (TPSA) is 53.9 Å². The Hall–Kier alpha value is -2.17. The van der Waals surface area contributed by atoms with Gasteiger partial charge < -0.3 is 10.2 Å². The second kappa shape index (κ2) is 7.20. The van der Waals surface area contributed by atoms with E-state index in [4.69, 9.17) is 0 Å². The molecule has 22 heavy (non-hydrogen) atoms. The Balaban J connectivity index is 1.66. The highest BCUT2D eigenvalue weighted by atomic mass is 15.3. The molecule has 5 nitrogen and oxygen atoms in total. The third-order valence-corrected chi connectivity index (χ3v) is 4.23. The number of nitrogens with zero attached hydrogens (tertiary/aromatic N) is 4. The SMILES string of the molecule is CNc1cccc(CC[C@@H]2CCCCN2c2ncccn2)n1. The van der Waals surface area contributed by atoms with E-state index in [0.29, 0.717) is 6.04 Å². The second-order valence-electron chi connectivity index (χ2n) is 5.69. The van der Waals surface area contributed by atoms with Crippen LogP contribution in [0.2, 0.25) is 0 Å². The number of aryl methyl sites for hydroxylation is 1. The van der Waals surface area contributed by atoms with Crippen LogP contribution in [-0.4, -0.2) is 34.6 Å².